The normalized spacial score (nSPS) is 11.8. The van der Waals surface area contributed by atoms with Crippen molar-refractivity contribution in [1.29, 1.82) is 0 Å². The fraction of sp³-hybridized carbons (Fsp3) is 0.345. The van der Waals surface area contributed by atoms with Crippen LogP contribution < -0.4 is 0 Å². The molecule has 0 aliphatic rings. The van der Waals surface area contributed by atoms with Crippen molar-refractivity contribution in [3.05, 3.63) is 75.9 Å². The van der Waals surface area contributed by atoms with Crippen LogP contribution in [0.4, 0.5) is 0 Å². The van der Waals surface area contributed by atoms with Crippen LogP contribution in [0, 0.1) is 24.2 Å². The summed E-state index contributed by atoms with van der Waals surface area (Å²) < 4.78 is 16.3. The van der Waals surface area contributed by atoms with Crippen LogP contribution in [0.15, 0.2) is 53.1 Å². The minimum absolute atomic E-state index is 0.0178. The lowest BCUT2D eigenvalue weighted by atomic mass is 9.90. The minimum atomic E-state index is -0.673. The van der Waals surface area contributed by atoms with E-state index in [-0.39, 0.29) is 12.4 Å². The Morgan fingerprint density at radius 1 is 1.14 bits per heavy atom. The summed E-state index contributed by atoms with van der Waals surface area (Å²) in [5.41, 5.74) is 2.93. The number of rotatable bonds is 8. The van der Waals surface area contributed by atoms with E-state index >= 15 is 0 Å². The standard InChI is InChI=1S/C29H30ClNO5/c1-6-34-28(33)29(4,5)17-9-10-21-13-15-22(16-14-21)27-24(19(2)31-36-27)18-26(32)35-20(3)23-11-7-8-12-25(23)30/h7-8,11-16,20H,6,17-18H2,1-5H3. The Morgan fingerprint density at radius 3 is 2.50 bits per heavy atom. The van der Waals surface area contributed by atoms with Gasteiger partial charge in [-0.2, -0.15) is 0 Å². The van der Waals surface area contributed by atoms with Crippen LogP contribution in [0.1, 0.15) is 62.6 Å². The quantitative estimate of drug-likeness (QED) is 0.256. The van der Waals surface area contributed by atoms with Gasteiger partial charge in [0.25, 0.3) is 0 Å². The van der Waals surface area contributed by atoms with Gasteiger partial charge in [-0.25, -0.2) is 0 Å². The van der Waals surface area contributed by atoms with Crippen molar-refractivity contribution in [3.8, 4) is 23.2 Å². The molecule has 7 heteroatoms. The third-order valence-corrected chi connectivity index (χ3v) is 6.04. The highest BCUT2D eigenvalue weighted by atomic mass is 35.5. The van der Waals surface area contributed by atoms with E-state index in [9.17, 15) is 9.59 Å². The zero-order chi connectivity index (χ0) is 26.3. The van der Waals surface area contributed by atoms with Crippen molar-refractivity contribution >= 4 is 23.5 Å². The van der Waals surface area contributed by atoms with Gasteiger partial charge in [-0.15, -0.1) is 0 Å². The van der Waals surface area contributed by atoms with Gasteiger partial charge in [0.1, 0.15) is 6.10 Å². The van der Waals surface area contributed by atoms with Gasteiger partial charge in [-0.3, -0.25) is 9.59 Å². The summed E-state index contributed by atoms with van der Waals surface area (Å²) >= 11 is 6.22. The van der Waals surface area contributed by atoms with E-state index in [2.05, 4.69) is 17.0 Å². The van der Waals surface area contributed by atoms with Gasteiger partial charge in [0.2, 0.25) is 0 Å². The summed E-state index contributed by atoms with van der Waals surface area (Å²) in [6, 6.07) is 14.7. The number of aromatic nitrogens is 1. The van der Waals surface area contributed by atoms with Crippen molar-refractivity contribution in [2.75, 3.05) is 6.61 Å². The highest BCUT2D eigenvalue weighted by Crippen LogP contribution is 2.29. The second-order valence-electron chi connectivity index (χ2n) is 9.07. The zero-order valence-electron chi connectivity index (χ0n) is 21.2. The van der Waals surface area contributed by atoms with Gasteiger partial charge in [-0.1, -0.05) is 46.8 Å². The Morgan fingerprint density at radius 2 is 1.83 bits per heavy atom. The van der Waals surface area contributed by atoms with E-state index in [4.69, 9.17) is 25.6 Å². The lowest BCUT2D eigenvalue weighted by Gasteiger charge is -2.18. The van der Waals surface area contributed by atoms with Gasteiger partial charge in [0.05, 0.1) is 24.1 Å². The highest BCUT2D eigenvalue weighted by Gasteiger charge is 2.28. The number of carbonyl (C=O) groups is 2. The van der Waals surface area contributed by atoms with Crippen LogP contribution in [-0.2, 0) is 25.5 Å². The fourth-order valence-corrected chi connectivity index (χ4v) is 3.84. The van der Waals surface area contributed by atoms with E-state index in [1.807, 2.05) is 56.3 Å². The Balaban J connectivity index is 1.69. The van der Waals surface area contributed by atoms with Crippen molar-refractivity contribution in [2.24, 2.45) is 5.41 Å². The molecule has 0 saturated heterocycles. The molecule has 0 bridgehead atoms. The molecule has 1 aromatic heterocycles. The average Bonchev–Trinajstić information content (AvgIpc) is 3.19. The molecule has 0 aliphatic carbocycles. The van der Waals surface area contributed by atoms with Crippen molar-refractivity contribution < 1.29 is 23.6 Å². The van der Waals surface area contributed by atoms with Crippen LogP contribution in [-0.4, -0.2) is 23.7 Å². The number of hydrogen-bond acceptors (Lipinski definition) is 6. The van der Waals surface area contributed by atoms with E-state index in [1.165, 1.54) is 0 Å². The number of esters is 2. The molecular weight excluding hydrogens is 478 g/mol. The molecule has 0 N–H and O–H groups in total. The third kappa shape index (κ3) is 6.77. The van der Waals surface area contributed by atoms with Gasteiger partial charge in [0, 0.05) is 33.7 Å². The molecule has 0 amide bonds. The molecule has 2 aromatic carbocycles. The van der Waals surface area contributed by atoms with Gasteiger partial charge in [0.15, 0.2) is 5.76 Å². The number of carbonyl (C=O) groups excluding carboxylic acids is 2. The molecule has 36 heavy (non-hydrogen) atoms. The maximum atomic E-state index is 12.7. The Kier molecular flexibility index (Phi) is 8.95. The van der Waals surface area contributed by atoms with E-state index in [0.29, 0.717) is 35.1 Å². The lowest BCUT2D eigenvalue weighted by Crippen LogP contribution is -2.26. The van der Waals surface area contributed by atoms with Crippen molar-refractivity contribution in [1.82, 2.24) is 5.16 Å². The summed E-state index contributed by atoms with van der Waals surface area (Å²) in [6.07, 6.45) is -0.0842. The molecular formula is C29H30ClNO5. The largest absolute Gasteiger partial charge is 0.466 e. The van der Waals surface area contributed by atoms with Gasteiger partial charge >= 0.3 is 11.9 Å². The maximum absolute atomic E-state index is 12.7. The van der Waals surface area contributed by atoms with Crippen LogP contribution >= 0.6 is 11.6 Å². The number of hydrogen-bond donors (Lipinski definition) is 0. The van der Waals surface area contributed by atoms with Gasteiger partial charge < -0.3 is 14.0 Å². The number of aryl methyl sites for hydroxylation is 1. The maximum Gasteiger partial charge on any atom is 0.312 e. The first-order valence-corrected chi connectivity index (χ1v) is 12.2. The molecule has 0 saturated carbocycles. The number of nitrogens with zero attached hydrogens (tertiary/aromatic N) is 1. The first-order chi connectivity index (χ1) is 17.1. The van der Waals surface area contributed by atoms with Crippen LogP contribution in [0.25, 0.3) is 11.3 Å². The fourth-order valence-electron chi connectivity index (χ4n) is 3.55. The minimum Gasteiger partial charge on any atom is -0.466 e. The molecule has 3 aromatic rings. The first kappa shape index (κ1) is 27.0. The highest BCUT2D eigenvalue weighted by molar-refractivity contribution is 6.31. The molecule has 0 radical (unpaired) electrons. The summed E-state index contributed by atoms with van der Waals surface area (Å²) in [5, 5.41) is 4.60. The van der Waals surface area contributed by atoms with E-state index in [0.717, 1.165) is 16.7 Å². The molecule has 1 atom stereocenters. The van der Waals surface area contributed by atoms with Crippen molar-refractivity contribution in [3.63, 3.8) is 0 Å². The third-order valence-electron chi connectivity index (χ3n) is 5.70. The smallest absolute Gasteiger partial charge is 0.312 e. The summed E-state index contributed by atoms with van der Waals surface area (Å²) in [6.45, 7) is 9.34. The predicted octanol–water partition coefficient (Wildman–Crippen LogP) is 6.48. The van der Waals surface area contributed by atoms with Crippen LogP contribution in [0.2, 0.25) is 5.02 Å². The van der Waals surface area contributed by atoms with E-state index in [1.54, 1.807) is 26.8 Å². The summed E-state index contributed by atoms with van der Waals surface area (Å²) in [4.78, 5) is 24.7. The second kappa shape index (κ2) is 11.9. The van der Waals surface area contributed by atoms with Crippen molar-refractivity contribution in [2.45, 2.75) is 53.6 Å². The molecule has 3 rings (SSSR count). The number of halogens is 1. The number of ether oxygens (including phenoxy) is 2. The van der Waals surface area contributed by atoms with Crippen LogP contribution in [0.5, 0.6) is 0 Å². The monoisotopic (exact) mass is 507 g/mol. The number of benzene rings is 2. The lowest BCUT2D eigenvalue weighted by molar-refractivity contribution is -0.153. The topological polar surface area (TPSA) is 78.6 Å². The molecule has 1 heterocycles. The SMILES string of the molecule is CCOC(=O)C(C)(C)CC#Cc1ccc(-c2onc(C)c2CC(=O)OC(C)c2ccccc2Cl)cc1. The average molecular weight is 508 g/mol. The summed E-state index contributed by atoms with van der Waals surface area (Å²) in [5.74, 6) is 5.99. The van der Waals surface area contributed by atoms with E-state index < -0.39 is 17.5 Å². The molecule has 0 spiro atoms. The molecule has 188 valence electrons. The Labute approximate surface area is 216 Å². The zero-order valence-corrected chi connectivity index (χ0v) is 21.9. The molecule has 0 fully saturated rings. The van der Waals surface area contributed by atoms with Crippen LogP contribution in [0.3, 0.4) is 0 Å². The Bertz CT molecular complexity index is 1280. The summed E-state index contributed by atoms with van der Waals surface area (Å²) in [7, 11) is 0. The van der Waals surface area contributed by atoms with Gasteiger partial charge in [-0.05, 0) is 65.0 Å². The molecule has 1 unspecified atom stereocenters. The molecule has 6 nitrogen and oxygen atoms in total. The second-order valence-corrected chi connectivity index (χ2v) is 9.47. The predicted molar refractivity (Wildman–Crippen MR) is 138 cm³/mol. The molecule has 0 aliphatic heterocycles. The Hall–Kier alpha value is -3.56. The first-order valence-electron chi connectivity index (χ1n) is 11.8.